The van der Waals surface area contributed by atoms with Crippen LogP contribution >= 0.6 is 23.7 Å². The Morgan fingerprint density at radius 2 is 2.04 bits per heavy atom. The SMILES string of the molecule is Cl.O=C(N[C@H]1CCCNC1)c1cccc(NC(=O)c2cccs2)c1. The van der Waals surface area contributed by atoms with Crippen molar-refractivity contribution >= 4 is 41.2 Å². The van der Waals surface area contributed by atoms with Gasteiger partial charge in [0.2, 0.25) is 0 Å². The summed E-state index contributed by atoms with van der Waals surface area (Å²) in [7, 11) is 0. The molecule has 128 valence electrons. The first-order chi connectivity index (χ1) is 11.2. The van der Waals surface area contributed by atoms with Crippen LogP contribution in [0.4, 0.5) is 5.69 Å². The minimum atomic E-state index is -0.158. The number of piperidine rings is 1. The molecule has 1 aliphatic heterocycles. The van der Waals surface area contributed by atoms with Crippen LogP contribution in [0.1, 0.15) is 32.9 Å². The number of halogens is 1. The molecule has 1 aliphatic rings. The van der Waals surface area contributed by atoms with Gasteiger partial charge < -0.3 is 16.0 Å². The first kappa shape index (κ1) is 18.4. The summed E-state index contributed by atoms with van der Waals surface area (Å²) in [6.45, 7) is 1.82. The number of anilines is 1. The lowest BCUT2D eigenvalue weighted by atomic mass is 10.1. The Balaban J connectivity index is 0.00000208. The van der Waals surface area contributed by atoms with Gasteiger partial charge in [-0.05, 0) is 49.0 Å². The van der Waals surface area contributed by atoms with Crippen molar-refractivity contribution in [3.8, 4) is 0 Å². The second-order valence-corrected chi connectivity index (χ2v) is 6.48. The molecule has 1 atom stereocenters. The third-order valence-corrected chi connectivity index (χ3v) is 4.63. The third-order valence-electron chi connectivity index (χ3n) is 3.76. The number of nitrogens with one attached hydrogen (secondary N) is 3. The zero-order valence-electron chi connectivity index (χ0n) is 13.1. The van der Waals surface area contributed by atoms with Crippen LogP contribution < -0.4 is 16.0 Å². The van der Waals surface area contributed by atoms with E-state index in [4.69, 9.17) is 0 Å². The topological polar surface area (TPSA) is 70.2 Å². The van der Waals surface area contributed by atoms with E-state index in [-0.39, 0.29) is 30.3 Å². The van der Waals surface area contributed by atoms with Gasteiger partial charge in [-0.3, -0.25) is 9.59 Å². The Morgan fingerprint density at radius 3 is 2.75 bits per heavy atom. The fraction of sp³-hybridized carbons (Fsp3) is 0.294. The molecule has 5 nitrogen and oxygen atoms in total. The highest BCUT2D eigenvalue weighted by Crippen LogP contribution is 2.15. The summed E-state index contributed by atoms with van der Waals surface area (Å²) in [6, 6.07) is 10.8. The summed E-state index contributed by atoms with van der Waals surface area (Å²) in [5.41, 5.74) is 1.18. The van der Waals surface area contributed by atoms with Gasteiger partial charge >= 0.3 is 0 Å². The second-order valence-electron chi connectivity index (χ2n) is 5.53. The van der Waals surface area contributed by atoms with Gasteiger partial charge in [0.1, 0.15) is 0 Å². The Hall–Kier alpha value is -1.89. The number of carbonyl (C=O) groups is 2. The highest BCUT2D eigenvalue weighted by Gasteiger charge is 2.16. The van der Waals surface area contributed by atoms with Crippen LogP contribution in [0.25, 0.3) is 0 Å². The van der Waals surface area contributed by atoms with Gasteiger partial charge in [0, 0.05) is 23.8 Å². The summed E-state index contributed by atoms with van der Waals surface area (Å²) >= 11 is 1.39. The maximum atomic E-state index is 12.3. The Morgan fingerprint density at radius 1 is 1.17 bits per heavy atom. The van der Waals surface area contributed by atoms with E-state index in [9.17, 15) is 9.59 Å². The molecule has 0 aliphatic carbocycles. The first-order valence-corrected chi connectivity index (χ1v) is 8.57. The molecule has 1 saturated heterocycles. The van der Waals surface area contributed by atoms with E-state index in [0.29, 0.717) is 16.1 Å². The smallest absolute Gasteiger partial charge is 0.265 e. The number of hydrogen-bond donors (Lipinski definition) is 3. The van der Waals surface area contributed by atoms with E-state index in [1.165, 1.54) is 11.3 Å². The highest BCUT2D eigenvalue weighted by atomic mass is 35.5. The molecule has 3 rings (SSSR count). The molecule has 7 heteroatoms. The minimum absolute atomic E-state index is 0. The van der Waals surface area contributed by atoms with Crippen LogP contribution in [0.2, 0.25) is 0 Å². The van der Waals surface area contributed by atoms with Crippen molar-refractivity contribution in [2.24, 2.45) is 0 Å². The molecular formula is C17H20ClN3O2S. The summed E-state index contributed by atoms with van der Waals surface area (Å²) in [5.74, 6) is -0.264. The largest absolute Gasteiger partial charge is 0.348 e. The number of hydrogen-bond acceptors (Lipinski definition) is 4. The van der Waals surface area contributed by atoms with Crippen LogP contribution in [-0.2, 0) is 0 Å². The average Bonchev–Trinajstić information content (AvgIpc) is 3.11. The molecule has 0 bridgehead atoms. The average molecular weight is 366 g/mol. The van der Waals surface area contributed by atoms with Crippen LogP contribution in [0, 0.1) is 0 Å². The number of rotatable bonds is 4. The normalized spacial score (nSPS) is 16.8. The van der Waals surface area contributed by atoms with Gasteiger partial charge in [-0.1, -0.05) is 12.1 Å². The zero-order valence-corrected chi connectivity index (χ0v) is 14.7. The van der Waals surface area contributed by atoms with Gasteiger partial charge in [0.05, 0.1) is 4.88 Å². The van der Waals surface area contributed by atoms with Crippen LogP contribution in [0.5, 0.6) is 0 Å². The van der Waals surface area contributed by atoms with Crippen LogP contribution in [0.3, 0.4) is 0 Å². The van der Waals surface area contributed by atoms with Crippen molar-refractivity contribution in [3.05, 3.63) is 52.2 Å². The Kier molecular flexibility index (Phi) is 6.78. The predicted molar refractivity (Wildman–Crippen MR) is 99.3 cm³/mol. The molecule has 0 radical (unpaired) electrons. The van der Waals surface area contributed by atoms with Gasteiger partial charge in [0.15, 0.2) is 0 Å². The predicted octanol–water partition coefficient (Wildman–Crippen LogP) is 2.90. The number of thiophene rings is 1. The second kappa shape index (κ2) is 8.82. The molecule has 2 aromatic rings. The van der Waals surface area contributed by atoms with E-state index in [2.05, 4.69) is 16.0 Å². The highest BCUT2D eigenvalue weighted by molar-refractivity contribution is 7.12. The fourth-order valence-corrected chi connectivity index (χ4v) is 3.20. The van der Waals surface area contributed by atoms with E-state index >= 15 is 0 Å². The van der Waals surface area contributed by atoms with Crippen molar-refractivity contribution in [3.63, 3.8) is 0 Å². The lowest BCUT2D eigenvalue weighted by molar-refractivity contribution is 0.0929. The molecule has 2 heterocycles. The summed E-state index contributed by atoms with van der Waals surface area (Å²) in [5, 5.41) is 11.0. The van der Waals surface area contributed by atoms with Gasteiger partial charge in [-0.15, -0.1) is 23.7 Å². The third kappa shape index (κ3) is 4.80. The maximum absolute atomic E-state index is 12.3. The molecule has 0 unspecified atom stereocenters. The summed E-state index contributed by atoms with van der Waals surface area (Å²) in [6.07, 6.45) is 2.06. The monoisotopic (exact) mass is 365 g/mol. The quantitative estimate of drug-likeness (QED) is 0.780. The Bertz CT molecular complexity index is 685. The summed E-state index contributed by atoms with van der Waals surface area (Å²) in [4.78, 5) is 25.0. The molecule has 1 aromatic carbocycles. The van der Waals surface area contributed by atoms with E-state index in [1.54, 1.807) is 30.3 Å². The molecule has 1 fully saturated rings. The number of benzene rings is 1. The number of amides is 2. The van der Waals surface area contributed by atoms with E-state index in [1.807, 2.05) is 11.4 Å². The molecule has 24 heavy (non-hydrogen) atoms. The fourth-order valence-electron chi connectivity index (χ4n) is 2.58. The van der Waals surface area contributed by atoms with Crippen LogP contribution in [0.15, 0.2) is 41.8 Å². The van der Waals surface area contributed by atoms with Crippen molar-refractivity contribution in [2.75, 3.05) is 18.4 Å². The van der Waals surface area contributed by atoms with Crippen molar-refractivity contribution in [1.29, 1.82) is 0 Å². The summed E-state index contributed by atoms with van der Waals surface area (Å²) < 4.78 is 0. The number of carbonyl (C=O) groups excluding carboxylic acids is 2. The molecule has 0 saturated carbocycles. The van der Waals surface area contributed by atoms with Crippen molar-refractivity contribution in [1.82, 2.24) is 10.6 Å². The molecular weight excluding hydrogens is 346 g/mol. The minimum Gasteiger partial charge on any atom is -0.348 e. The zero-order chi connectivity index (χ0) is 16.1. The Labute approximate surface area is 151 Å². The maximum Gasteiger partial charge on any atom is 0.265 e. The van der Waals surface area contributed by atoms with Gasteiger partial charge in [-0.2, -0.15) is 0 Å². The molecule has 3 N–H and O–H groups in total. The standard InChI is InChI=1S/C17H19N3O2S.ClH/c21-16(20-14-6-2-8-18-11-14)12-4-1-5-13(10-12)19-17(22)15-7-3-9-23-15;/h1,3-5,7,9-10,14,18H,2,6,8,11H2,(H,19,22)(H,20,21);1H/t14-;/m0./s1. The van der Waals surface area contributed by atoms with E-state index < -0.39 is 0 Å². The lowest BCUT2D eigenvalue weighted by Crippen LogP contribution is -2.45. The lowest BCUT2D eigenvalue weighted by Gasteiger charge is -2.23. The van der Waals surface area contributed by atoms with E-state index in [0.717, 1.165) is 25.9 Å². The first-order valence-electron chi connectivity index (χ1n) is 7.69. The van der Waals surface area contributed by atoms with Gasteiger partial charge in [-0.25, -0.2) is 0 Å². The van der Waals surface area contributed by atoms with Crippen LogP contribution in [-0.4, -0.2) is 30.9 Å². The molecule has 0 spiro atoms. The molecule has 1 aromatic heterocycles. The van der Waals surface area contributed by atoms with Gasteiger partial charge in [0.25, 0.3) is 11.8 Å². The molecule has 2 amide bonds. The van der Waals surface area contributed by atoms with Crippen molar-refractivity contribution in [2.45, 2.75) is 18.9 Å². The van der Waals surface area contributed by atoms with Crippen molar-refractivity contribution < 1.29 is 9.59 Å².